The largest absolute Gasteiger partial charge is 0.507 e. The third-order valence-corrected chi connectivity index (χ3v) is 4.64. The van der Waals surface area contributed by atoms with Gasteiger partial charge in [0, 0.05) is 17.8 Å². The van der Waals surface area contributed by atoms with Gasteiger partial charge in [0.2, 0.25) is 0 Å². The first-order valence-corrected chi connectivity index (χ1v) is 8.32. The van der Waals surface area contributed by atoms with E-state index in [0.717, 1.165) is 5.69 Å². The fourth-order valence-electron chi connectivity index (χ4n) is 3.60. The van der Waals surface area contributed by atoms with Crippen molar-refractivity contribution in [3.05, 3.63) is 57.5 Å². The average molecular weight is 325 g/mol. The smallest absolute Gasteiger partial charge is 0.262 e. The highest BCUT2D eigenvalue weighted by molar-refractivity contribution is 6.01. The van der Waals surface area contributed by atoms with Gasteiger partial charge in [-0.15, -0.1) is 0 Å². The second kappa shape index (κ2) is 5.62. The first-order valence-electron chi connectivity index (χ1n) is 8.32. The summed E-state index contributed by atoms with van der Waals surface area (Å²) in [5.74, 6) is -0.386. The van der Waals surface area contributed by atoms with Gasteiger partial charge in [-0.1, -0.05) is 45.9 Å². The summed E-state index contributed by atoms with van der Waals surface area (Å²) in [5, 5.41) is 10.7. The fraction of sp³-hybridized carbons (Fsp3) is 0.400. The Labute approximate surface area is 141 Å². The Bertz CT molecular complexity index is 861. The highest BCUT2D eigenvalue weighted by Crippen LogP contribution is 2.40. The van der Waals surface area contributed by atoms with Crippen LogP contribution in [0.15, 0.2) is 35.1 Å². The standard InChI is InChI=1S/C20H23NO3/c1-12(2)16-18(23)17-14(10-20(3,4)11-15(17)22)21(19(16)24)13-8-6-5-7-9-13/h5-9,12,23H,10-11H2,1-4H3. The second-order valence-corrected chi connectivity index (χ2v) is 7.66. The Morgan fingerprint density at radius 3 is 2.29 bits per heavy atom. The van der Waals surface area contributed by atoms with Gasteiger partial charge in [-0.3, -0.25) is 14.2 Å². The number of ketones is 1. The summed E-state index contributed by atoms with van der Waals surface area (Å²) in [5.41, 5.74) is 1.50. The zero-order valence-electron chi connectivity index (χ0n) is 14.6. The van der Waals surface area contributed by atoms with Gasteiger partial charge < -0.3 is 5.11 Å². The van der Waals surface area contributed by atoms with E-state index in [1.807, 2.05) is 58.0 Å². The number of aromatic hydroxyl groups is 1. The van der Waals surface area contributed by atoms with Crippen LogP contribution in [-0.2, 0) is 6.42 Å². The van der Waals surface area contributed by atoms with Crippen LogP contribution in [0.5, 0.6) is 5.75 Å². The number of rotatable bonds is 2. The summed E-state index contributed by atoms with van der Waals surface area (Å²) < 4.78 is 1.61. The van der Waals surface area contributed by atoms with E-state index in [2.05, 4.69) is 0 Å². The Balaban J connectivity index is 2.45. The lowest BCUT2D eigenvalue weighted by molar-refractivity contribution is 0.0905. The molecule has 1 N–H and O–H groups in total. The molecule has 0 saturated carbocycles. The molecule has 3 rings (SSSR count). The monoisotopic (exact) mass is 325 g/mol. The summed E-state index contributed by atoms with van der Waals surface area (Å²) in [4.78, 5) is 25.8. The van der Waals surface area contributed by atoms with Gasteiger partial charge in [0.25, 0.3) is 5.56 Å². The summed E-state index contributed by atoms with van der Waals surface area (Å²) in [6.07, 6.45) is 0.947. The van der Waals surface area contributed by atoms with Gasteiger partial charge in [-0.2, -0.15) is 0 Å². The lowest BCUT2D eigenvalue weighted by Crippen LogP contribution is -2.36. The summed E-state index contributed by atoms with van der Waals surface area (Å²) >= 11 is 0. The predicted octanol–water partition coefficient (Wildman–Crippen LogP) is 3.82. The highest BCUT2D eigenvalue weighted by atomic mass is 16.3. The molecule has 1 aliphatic rings. The number of fused-ring (bicyclic) bond motifs is 1. The molecular formula is C20H23NO3. The summed E-state index contributed by atoms with van der Waals surface area (Å²) in [6, 6.07) is 9.33. The van der Waals surface area contributed by atoms with Crippen molar-refractivity contribution in [1.29, 1.82) is 0 Å². The van der Waals surface area contributed by atoms with E-state index in [4.69, 9.17) is 0 Å². The molecule has 4 nitrogen and oxygen atoms in total. The van der Waals surface area contributed by atoms with Crippen molar-refractivity contribution < 1.29 is 9.90 Å². The minimum atomic E-state index is -0.238. The van der Waals surface area contributed by atoms with Crippen molar-refractivity contribution >= 4 is 5.78 Å². The minimum absolute atomic E-state index is 0.0923. The quantitative estimate of drug-likeness (QED) is 0.913. The number of nitrogens with zero attached hydrogens (tertiary/aromatic N) is 1. The first-order chi connectivity index (χ1) is 11.2. The van der Waals surface area contributed by atoms with Crippen LogP contribution in [0.3, 0.4) is 0 Å². The number of pyridine rings is 1. The van der Waals surface area contributed by atoms with Gasteiger partial charge in [0.15, 0.2) is 5.78 Å². The lowest BCUT2D eigenvalue weighted by atomic mass is 9.74. The Kier molecular flexibility index (Phi) is 3.86. The van der Waals surface area contributed by atoms with Crippen LogP contribution in [0.4, 0.5) is 0 Å². The number of para-hydroxylation sites is 1. The molecule has 126 valence electrons. The minimum Gasteiger partial charge on any atom is -0.507 e. The molecule has 1 aromatic heterocycles. The number of Topliss-reactive ketones (excluding diaryl/α,β-unsaturated/α-hetero) is 1. The van der Waals surface area contributed by atoms with Crippen LogP contribution in [0.2, 0.25) is 0 Å². The normalized spacial score (nSPS) is 16.3. The molecule has 1 heterocycles. The topological polar surface area (TPSA) is 59.3 Å². The van der Waals surface area contributed by atoms with Crippen LogP contribution in [0.1, 0.15) is 61.6 Å². The summed E-state index contributed by atoms with van der Waals surface area (Å²) in [7, 11) is 0. The maximum Gasteiger partial charge on any atom is 0.262 e. The van der Waals surface area contributed by atoms with Gasteiger partial charge in [0.05, 0.1) is 11.1 Å². The average Bonchev–Trinajstić information content (AvgIpc) is 2.45. The van der Waals surface area contributed by atoms with Gasteiger partial charge in [-0.25, -0.2) is 0 Å². The van der Waals surface area contributed by atoms with Crippen molar-refractivity contribution in [2.75, 3.05) is 0 Å². The maximum atomic E-state index is 13.1. The SMILES string of the molecule is CC(C)c1c(O)c2c(n(-c3ccccc3)c1=O)CC(C)(C)CC2=O. The van der Waals surface area contributed by atoms with E-state index >= 15 is 0 Å². The van der Waals surface area contributed by atoms with E-state index in [9.17, 15) is 14.7 Å². The number of hydrogen-bond donors (Lipinski definition) is 1. The van der Waals surface area contributed by atoms with Gasteiger partial charge >= 0.3 is 0 Å². The van der Waals surface area contributed by atoms with Crippen molar-refractivity contribution in [1.82, 2.24) is 4.57 Å². The van der Waals surface area contributed by atoms with E-state index < -0.39 is 0 Å². The maximum absolute atomic E-state index is 13.1. The fourth-order valence-corrected chi connectivity index (χ4v) is 3.60. The van der Waals surface area contributed by atoms with Crippen LogP contribution in [0.25, 0.3) is 5.69 Å². The number of carbonyl (C=O) groups excluding carboxylic acids is 1. The first kappa shape index (κ1) is 16.5. The molecule has 0 amide bonds. The molecule has 24 heavy (non-hydrogen) atoms. The molecule has 1 aliphatic carbocycles. The van der Waals surface area contributed by atoms with Crippen molar-refractivity contribution in [2.24, 2.45) is 5.41 Å². The molecule has 0 radical (unpaired) electrons. The Morgan fingerprint density at radius 2 is 1.71 bits per heavy atom. The number of hydrogen-bond acceptors (Lipinski definition) is 3. The van der Waals surface area contributed by atoms with E-state index in [-0.39, 0.29) is 28.4 Å². The van der Waals surface area contributed by atoms with Crippen molar-refractivity contribution in [3.8, 4) is 11.4 Å². The lowest BCUT2D eigenvalue weighted by Gasteiger charge is -2.33. The Morgan fingerprint density at radius 1 is 1.08 bits per heavy atom. The van der Waals surface area contributed by atoms with E-state index in [1.165, 1.54) is 0 Å². The molecule has 4 heteroatoms. The Hall–Kier alpha value is -2.36. The molecule has 1 aromatic carbocycles. The molecule has 0 spiro atoms. The van der Waals surface area contributed by atoms with Gasteiger partial charge in [-0.05, 0) is 29.9 Å². The van der Waals surface area contributed by atoms with Crippen LogP contribution in [0, 0.1) is 5.41 Å². The molecule has 0 atom stereocenters. The van der Waals surface area contributed by atoms with Crippen LogP contribution >= 0.6 is 0 Å². The molecule has 0 bridgehead atoms. The molecular weight excluding hydrogens is 302 g/mol. The van der Waals surface area contributed by atoms with Crippen molar-refractivity contribution in [2.45, 2.75) is 46.5 Å². The van der Waals surface area contributed by atoms with Crippen LogP contribution < -0.4 is 5.56 Å². The van der Waals surface area contributed by atoms with E-state index in [1.54, 1.807) is 4.57 Å². The molecule has 0 unspecified atom stereocenters. The second-order valence-electron chi connectivity index (χ2n) is 7.66. The van der Waals surface area contributed by atoms with Gasteiger partial charge in [0.1, 0.15) is 5.75 Å². The molecule has 0 saturated heterocycles. The van der Waals surface area contributed by atoms with E-state index in [0.29, 0.717) is 29.7 Å². The van der Waals surface area contributed by atoms with Crippen molar-refractivity contribution in [3.63, 3.8) is 0 Å². The predicted molar refractivity (Wildman–Crippen MR) is 94.2 cm³/mol. The zero-order valence-corrected chi connectivity index (χ0v) is 14.6. The molecule has 2 aromatic rings. The number of aromatic nitrogens is 1. The zero-order chi connectivity index (χ0) is 17.6. The molecule has 0 aliphatic heterocycles. The number of carbonyl (C=O) groups is 1. The van der Waals surface area contributed by atoms with Crippen LogP contribution in [-0.4, -0.2) is 15.5 Å². The number of benzene rings is 1. The third kappa shape index (κ3) is 2.56. The molecule has 0 fully saturated rings. The summed E-state index contributed by atoms with van der Waals surface area (Å²) in [6.45, 7) is 7.74. The highest BCUT2D eigenvalue weighted by Gasteiger charge is 2.37. The third-order valence-electron chi connectivity index (χ3n) is 4.64.